The Balaban J connectivity index is 2.03. The van der Waals surface area contributed by atoms with Crippen LogP contribution in [0.15, 0.2) is 35.3 Å². The van der Waals surface area contributed by atoms with Gasteiger partial charge in [-0.3, -0.25) is 14.9 Å². The van der Waals surface area contributed by atoms with Crippen molar-refractivity contribution in [2.75, 3.05) is 6.79 Å². The number of halogens is 1. The molecule has 1 aromatic carbocycles. The lowest BCUT2D eigenvalue weighted by Gasteiger charge is -2.21. The summed E-state index contributed by atoms with van der Waals surface area (Å²) >= 11 is 0. The van der Waals surface area contributed by atoms with Crippen molar-refractivity contribution in [3.63, 3.8) is 0 Å². The highest BCUT2D eigenvalue weighted by Crippen LogP contribution is 2.29. The fourth-order valence-electron chi connectivity index (χ4n) is 2.31. The normalized spacial score (nSPS) is 13.3. The fourth-order valence-corrected chi connectivity index (χ4v) is 2.31. The van der Waals surface area contributed by atoms with Gasteiger partial charge in [-0.05, 0) is 12.1 Å². The molecule has 0 radical (unpaired) electrons. The summed E-state index contributed by atoms with van der Waals surface area (Å²) < 4.78 is 25.2. The van der Waals surface area contributed by atoms with Gasteiger partial charge in [-0.2, -0.15) is 0 Å². The van der Waals surface area contributed by atoms with Gasteiger partial charge in [0.05, 0.1) is 24.3 Å². The number of aromatic nitrogens is 1. The van der Waals surface area contributed by atoms with E-state index in [1.807, 2.05) is 0 Å². The maximum absolute atomic E-state index is 13.7. The van der Waals surface area contributed by atoms with Crippen LogP contribution in [0.5, 0.6) is 5.75 Å². The number of hydrogen-bond donors (Lipinski definition) is 0. The molecule has 0 aliphatic carbocycles. The second kappa shape index (κ2) is 5.57. The van der Waals surface area contributed by atoms with E-state index in [9.17, 15) is 19.3 Å². The quantitative estimate of drug-likeness (QED) is 0.638. The van der Waals surface area contributed by atoms with Crippen LogP contribution in [-0.4, -0.2) is 16.3 Å². The lowest BCUT2D eigenvalue weighted by Crippen LogP contribution is -2.21. The molecule has 0 spiro atoms. The number of nitrogens with zero attached hydrogens (tertiary/aromatic N) is 2. The first-order valence-electron chi connectivity index (χ1n) is 6.41. The van der Waals surface area contributed by atoms with Gasteiger partial charge in [0, 0.05) is 23.3 Å². The van der Waals surface area contributed by atoms with Crippen LogP contribution in [0.1, 0.15) is 11.1 Å². The van der Waals surface area contributed by atoms with Crippen LogP contribution in [-0.2, 0) is 17.9 Å². The molecule has 2 aromatic rings. The van der Waals surface area contributed by atoms with Gasteiger partial charge < -0.3 is 14.0 Å². The molecular formula is C14H11FN2O5. The third kappa shape index (κ3) is 2.68. The van der Waals surface area contributed by atoms with E-state index in [2.05, 4.69) is 0 Å². The molecule has 0 bridgehead atoms. The molecule has 114 valence electrons. The number of pyridine rings is 1. The number of fused-ring (bicyclic) bond motifs is 1. The summed E-state index contributed by atoms with van der Waals surface area (Å²) in [4.78, 5) is 22.0. The van der Waals surface area contributed by atoms with Crippen LogP contribution in [0.25, 0.3) is 0 Å². The van der Waals surface area contributed by atoms with Crippen molar-refractivity contribution in [2.45, 2.75) is 13.2 Å². The molecule has 22 heavy (non-hydrogen) atoms. The smallest absolute Gasteiger partial charge is 0.285 e. The average molecular weight is 306 g/mol. The number of benzene rings is 1. The fraction of sp³-hybridized carbons (Fsp3) is 0.214. The minimum absolute atomic E-state index is 0.0272. The van der Waals surface area contributed by atoms with E-state index in [4.69, 9.17) is 9.47 Å². The molecule has 1 aliphatic rings. The predicted octanol–water partition coefficient (Wildman–Crippen LogP) is 1.81. The summed E-state index contributed by atoms with van der Waals surface area (Å²) in [5.41, 5.74) is 0.338. The average Bonchev–Trinajstić information content (AvgIpc) is 2.49. The minimum atomic E-state index is -0.596. The third-order valence-electron chi connectivity index (χ3n) is 3.27. The second-order valence-electron chi connectivity index (χ2n) is 4.77. The van der Waals surface area contributed by atoms with E-state index in [1.165, 1.54) is 12.1 Å². The van der Waals surface area contributed by atoms with Gasteiger partial charge in [0.1, 0.15) is 11.6 Å². The first-order valence-corrected chi connectivity index (χ1v) is 6.41. The molecule has 0 unspecified atom stereocenters. The summed E-state index contributed by atoms with van der Waals surface area (Å²) in [5, 5.41) is 10.8. The third-order valence-corrected chi connectivity index (χ3v) is 3.27. The highest BCUT2D eigenvalue weighted by Gasteiger charge is 2.18. The van der Waals surface area contributed by atoms with E-state index in [-0.39, 0.29) is 25.6 Å². The molecule has 2 heterocycles. The van der Waals surface area contributed by atoms with Crippen molar-refractivity contribution in [1.82, 2.24) is 4.57 Å². The van der Waals surface area contributed by atoms with Crippen molar-refractivity contribution < 1.29 is 18.8 Å². The summed E-state index contributed by atoms with van der Waals surface area (Å²) in [6, 6.07) is 4.78. The van der Waals surface area contributed by atoms with Gasteiger partial charge in [-0.15, -0.1) is 0 Å². The van der Waals surface area contributed by atoms with Crippen LogP contribution in [0, 0.1) is 15.9 Å². The van der Waals surface area contributed by atoms with Gasteiger partial charge in [0.2, 0.25) is 0 Å². The van der Waals surface area contributed by atoms with Crippen LogP contribution in [0.2, 0.25) is 0 Å². The maximum atomic E-state index is 13.7. The van der Waals surface area contributed by atoms with E-state index in [0.29, 0.717) is 16.9 Å². The zero-order chi connectivity index (χ0) is 15.7. The van der Waals surface area contributed by atoms with Crippen LogP contribution < -0.4 is 10.3 Å². The molecule has 7 nitrogen and oxygen atoms in total. The van der Waals surface area contributed by atoms with Crippen LogP contribution in [0.4, 0.5) is 10.1 Å². The molecule has 1 aromatic heterocycles. The van der Waals surface area contributed by atoms with Crippen molar-refractivity contribution in [1.29, 1.82) is 0 Å². The molecule has 0 N–H and O–H groups in total. The Bertz CT molecular complexity index is 802. The molecule has 0 saturated carbocycles. The van der Waals surface area contributed by atoms with Gasteiger partial charge >= 0.3 is 0 Å². The Morgan fingerprint density at radius 3 is 2.95 bits per heavy atom. The van der Waals surface area contributed by atoms with Crippen LogP contribution >= 0.6 is 0 Å². The van der Waals surface area contributed by atoms with Crippen LogP contribution in [0.3, 0.4) is 0 Å². The summed E-state index contributed by atoms with van der Waals surface area (Å²) in [7, 11) is 0. The Morgan fingerprint density at radius 2 is 2.18 bits per heavy atom. The number of hydrogen-bond acceptors (Lipinski definition) is 5. The van der Waals surface area contributed by atoms with Crippen molar-refractivity contribution in [3.8, 4) is 5.75 Å². The standard InChI is InChI=1S/C14H11FN2O5/c15-11-3-9(14-10(4-11)7-21-8-22-14)5-16-6-12(17(19)20)1-2-13(16)18/h1-4,6H,5,7-8H2. The first-order chi connectivity index (χ1) is 10.5. The Kier molecular flexibility index (Phi) is 3.60. The lowest BCUT2D eigenvalue weighted by atomic mass is 10.1. The monoisotopic (exact) mass is 306 g/mol. The summed E-state index contributed by atoms with van der Waals surface area (Å²) in [5.74, 6) is -0.0348. The molecule has 0 amide bonds. The Hall–Kier alpha value is -2.74. The summed E-state index contributed by atoms with van der Waals surface area (Å²) in [6.07, 6.45) is 1.12. The molecule has 3 rings (SSSR count). The minimum Gasteiger partial charge on any atom is -0.467 e. The largest absolute Gasteiger partial charge is 0.467 e. The van der Waals surface area contributed by atoms with Gasteiger partial charge in [0.25, 0.3) is 11.2 Å². The first kappa shape index (κ1) is 14.2. The zero-order valence-electron chi connectivity index (χ0n) is 11.3. The maximum Gasteiger partial charge on any atom is 0.285 e. The second-order valence-corrected chi connectivity index (χ2v) is 4.77. The molecule has 0 saturated heterocycles. The van der Waals surface area contributed by atoms with E-state index in [1.54, 1.807) is 0 Å². The topological polar surface area (TPSA) is 83.6 Å². The molecule has 8 heteroatoms. The Morgan fingerprint density at radius 1 is 1.36 bits per heavy atom. The molecule has 1 aliphatic heterocycles. The van der Waals surface area contributed by atoms with E-state index < -0.39 is 16.3 Å². The highest BCUT2D eigenvalue weighted by molar-refractivity contribution is 5.43. The van der Waals surface area contributed by atoms with Gasteiger partial charge in [0.15, 0.2) is 6.79 Å². The van der Waals surface area contributed by atoms with Crippen molar-refractivity contribution in [3.05, 3.63) is 67.9 Å². The number of ether oxygens (including phenoxy) is 2. The highest BCUT2D eigenvalue weighted by atomic mass is 19.1. The summed E-state index contributed by atoms with van der Waals surface area (Å²) in [6.45, 7) is 0.222. The van der Waals surface area contributed by atoms with Gasteiger partial charge in [-0.1, -0.05) is 0 Å². The number of rotatable bonds is 3. The zero-order valence-corrected chi connectivity index (χ0v) is 11.3. The van der Waals surface area contributed by atoms with E-state index >= 15 is 0 Å². The predicted molar refractivity (Wildman–Crippen MR) is 73.1 cm³/mol. The van der Waals surface area contributed by atoms with Crippen molar-refractivity contribution in [2.24, 2.45) is 0 Å². The number of nitro groups is 1. The molecule has 0 fully saturated rings. The van der Waals surface area contributed by atoms with Gasteiger partial charge in [-0.25, -0.2) is 4.39 Å². The van der Waals surface area contributed by atoms with E-state index in [0.717, 1.165) is 22.9 Å². The SMILES string of the molecule is O=c1ccc([N+](=O)[O-])cn1Cc1cc(F)cc2c1OCOC2. The molecular weight excluding hydrogens is 295 g/mol. The van der Waals surface area contributed by atoms with Crippen molar-refractivity contribution >= 4 is 5.69 Å². The molecule has 0 atom stereocenters. The lowest BCUT2D eigenvalue weighted by molar-refractivity contribution is -0.385. The Labute approximate surface area is 123 Å².